The van der Waals surface area contributed by atoms with E-state index in [4.69, 9.17) is 11.6 Å². The number of hydrogen-bond donors (Lipinski definition) is 0. The standard InChI is InChI=1S/C14H13ClO2S/c1-18(16,17)13-9-5-8-12(10-13)14(15)11-6-3-2-4-7-11/h2-10,14H,1H3. The molecule has 0 radical (unpaired) electrons. The van der Waals surface area contributed by atoms with Crippen molar-refractivity contribution in [1.82, 2.24) is 0 Å². The van der Waals surface area contributed by atoms with Crippen molar-refractivity contribution < 1.29 is 8.42 Å². The van der Waals surface area contributed by atoms with Crippen LogP contribution in [0.25, 0.3) is 0 Å². The summed E-state index contributed by atoms with van der Waals surface area (Å²) in [7, 11) is -3.20. The van der Waals surface area contributed by atoms with Gasteiger partial charge in [-0.05, 0) is 23.3 Å². The molecular formula is C14H13ClO2S. The SMILES string of the molecule is CS(=O)(=O)c1cccc(C(Cl)c2ccccc2)c1. The number of alkyl halides is 1. The van der Waals surface area contributed by atoms with Gasteiger partial charge < -0.3 is 0 Å². The lowest BCUT2D eigenvalue weighted by atomic mass is 10.0. The van der Waals surface area contributed by atoms with E-state index in [0.29, 0.717) is 4.90 Å². The third kappa shape index (κ3) is 2.92. The van der Waals surface area contributed by atoms with Crippen molar-refractivity contribution in [3.05, 3.63) is 65.7 Å². The molecule has 0 aromatic heterocycles. The van der Waals surface area contributed by atoms with Gasteiger partial charge in [0.1, 0.15) is 0 Å². The van der Waals surface area contributed by atoms with Crippen molar-refractivity contribution in [2.24, 2.45) is 0 Å². The predicted octanol–water partition coefficient (Wildman–Crippen LogP) is 3.42. The van der Waals surface area contributed by atoms with E-state index in [-0.39, 0.29) is 5.38 Å². The second-order valence-corrected chi connectivity index (χ2v) is 6.57. The van der Waals surface area contributed by atoms with Gasteiger partial charge in [0.25, 0.3) is 0 Å². The van der Waals surface area contributed by atoms with Gasteiger partial charge in [-0.25, -0.2) is 8.42 Å². The van der Waals surface area contributed by atoms with Crippen LogP contribution in [0.4, 0.5) is 0 Å². The zero-order valence-corrected chi connectivity index (χ0v) is 11.4. The van der Waals surface area contributed by atoms with Crippen molar-refractivity contribution in [2.75, 3.05) is 6.26 Å². The molecule has 1 atom stereocenters. The molecule has 0 heterocycles. The van der Waals surface area contributed by atoms with Crippen LogP contribution in [-0.2, 0) is 9.84 Å². The Balaban J connectivity index is 2.41. The van der Waals surface area contributed by atoms with Gasteiger partial charge in [-0.1, -0.05) is 42.5 Å². The molecule has 18 heavy (non-hydrogen) atoms. The second kappa shape index (κ2) is 5.12. The van der Waals surface area contributed by atoms with E-state index < -0.39 is 9.84 Å². The first-order chi connectivity index (χ1) is 8.48. The lowest BCUT2D eigenvalue weighted by Gasteiger charge is -2.11. The van der Waals surface area contributed by atoms with Gasteiger partial charge in [0.15, 0.2) is 9.84 Å². The predicted molar refractivity (Wildman–Crippen MR) is 73.7 cm³/mol. The highest BCUT2D eigenvalue weighted by Crippen LogP contribution is 2.29. The van der Waals surface area contributed by atoms with E-state index in [0.717, 1.165) is 11.1 Å². The summed E-state index contributed by atoms with van der Waals surface area (Å²) >= 11 is 6.36. The van der Waals surface area contributed by atoms with E-state index in [1.54, 1.807) is 18.2 Å². The highest BCUT2D eigenvalue weighted by Gasteiger charge is 2.13. The van der Waals surface area contributed by atoms with Gasteiger partial charge in [0.2, 0.25) is 0 Å². The Morgan fingerprint density at radius 3 is 2.17 bits per heavy atom. The van der Waals surface area contributed by atoms with Crippen LogP contribution < -0.4 is 0 Å². The van der Waals surface area contributed by atoms with Crippen LogP contribution in [0.1, 0.15) is 16.5 Å². The highest BCUT2D eigenvalue weighted by molar-refractivity contribution is 7.90. The van der Waals surface area contributed by atoms with E-state index in [9.17, 15) is 8.42 Å². The minimum Gasteiger partial charge on any atom is -0.224 e. The van der Waals surface area contributed by atoms with Gasteiger partial charge in [-0.2, -0.15) is 0 Å². The third-order valence-corrected chi connectivity index (χ3v) is 4.29. The van der Waals surface area contributed by atoms with Crippen LogP contribution in [0.5, 0.6) is 0 Å². The van der Waals surface area contributed by atoms with Gasteiger partial charge >= 0.3 is 0 Å². The lowest BCUT2D eigenvalue weighted by molar-refractivity contribution is 0.601. The Kier molecular flexibility index (Phi) is 3.73. The van der Waals surface area contributed by atoms with E-state index in [1.165, 1.54) is 6.26 Å². The highest BCUT2D eigenvalue weighted by atomic mass is 35.5. The molecule has 0 saturated carbocycles. The first-order valence-electron chi connectivity index (χ1n) is 5.47. The molecule has 0 bridgehead atoms. The zero-order chi connectivity index (χ0) is 13.2. The van der Waals surface area contributed by atoms with E-state index in [2.05, 4.69) is 0 Å². The molecule has 2 aromatic carbocycles. The Bertz CT molecular complexity index is 636. The summed E-state index contributed by atoms with van der Waals surface area (Å²) in [6.45, 7) is 0. The minimum atomic E-state index is -3.20. The number of benzene rings is 2. The van der Waals surface area contributed by atoms with Crippen LogP contribution in [0.2, 0.25) is 0 Å². The summed E-state index contributed by atoms with van der Waals surface area (Å²) in [5.41, 5.74) is 1.73. The molecule has 2 aromatic rings. The van der Waals surface area contributed by atoms with Crippen LogP contribution >= 0.6 is 11.6 Å². The van der Waals surface area contributed by atoms with Crippen molar-refractivity contribution in [1.29, 1.82) is 0 Å². The summed E-state index contributed by atoms with van der Waals surface area (Å²) in [5, 5.41) is -0.340. The molecule has 0 aliphatic carbocycles. The van der Waals surface area contributed by atoms with Crippen molar-refractivity contribution >= 4 is 21.4 Å². The molecule has 4 heteroatoms. The molecule has 0 saturated heterocycles. The summed E-state index contributed by atoms with van der Waals surface area (Å²) in [6, 6.07) is 16.3. The Morgan fingerprint density at radius 1 is 0.944 bits per heavy atom. The largest absolute Gasteiger partial charge is 0.224 e. The van der Waals surface area contributed by atoms with Gasteiger partial charge in [-0.3, -0.25) is 0 Å². The summed E-state index contributed by atoms with van der Waals surface area (Å²) in [5.74, 6) is 0. The molecule has 0 aliphatic heterocycles. The topological polar surface area (TPSA) is 34.1 Å². The molecular weight excluding hydrogens is 268 g/mol. The van der Waals surface area contributed by atoms with Crippen LogP contribution in [-0.4, -0.2) is 14.7 Å². The molecule has 0 amide bonds. The van der Waals surface area contributed by atoms with Crippen molar-refractivity contribution in [3.8, 4) is 0 Å². The Labute approximate surface area is 112 Å². The summed E-state index contributed by atoms with van der Waals surface area (Å²) < 4.78 is 23.0. The fourth-order valence-electron chi connectivity index (χ4n) is 1.72. The Hall–Kier alpha value is -1.32. The molecule has 0 aliphatic rings. The first-order valence-corrected chi connectivity index (χ1v) is 7.80. The summed E-state index contributed by atoms with van der Waals surface area (Å²) in [4.78, 5) is 0.293. The molecule has 2 rings (SSSR count). The fourth-order valence-corrected chi connectivity index (χ4v) is 2.67. The molecule has 0 fully saturated rings. The molecule has 0 N–H and O–H groups in total. The van der Waals surface area contributed by atoms with Crippen molar-refractivity contribution in [3.63, 3.8) is 0 Å². The smallest absolute Gasteiger partial charge is 0.175 e. The van der Waals surface area contributed by atoms with Gasteiger partial charge in [0.05, 0.1) is 10.3 Å². The summed E-state index contributed by atoms with van der Waals surface area (Å²) in [6.07, 6.45) is 1.19. The van der Waals surface area contributed by atoms with Crippen LogP contribution in [0.15, 0.2) is 59.5 Å². The number of sulfone groups is 1. The maximum Gasteiger partial charge on any atom is 0.175 e. The maximum atomic E-state index is 11.5. The normalized spacial score (nSPS) is 13.2. The van der Waals surface area contributed by atoms with Crippen LogP contribution in [0.3, 0.4) is 0 Å². The molecule has 2 nitrogen and oxygen atoms in total. The second-order valence-electron chi connectivity index (χ2n) is 4.12. The maximum absolute atomic E-state index is 11.5. The minimum absolute atomic E-state index is 0.293. The molecule has 94 valence electrons. The van der Waals surface area contributed by atoms with E-state index in [1.807, 2.05) is 36.4 Å². The average molecular weight is 281 g/mol. The quantitative estimate of drug-likeness (QED) is 0.808. The monoisotopic (exact) mass is 280 g/mol. The van der Waals surface area contributed by atoms with Crippen LogP contribution in [0, 0.1) is 0 Å². The lowest BCUT2D eigenvalue weighted by Crippen LogP contribution is -1.99. The fraction of sp³-hybridized carbons (Fsp3) is 0.143. The van der Waals surface area contributed by atoms with E-state index >= 15 is 0 Å². The third-order valence-electron chi connectivity index (χ3n) is 2.67. The average Bonchev–Trinajstić information content (AvgIpc) is 2.38. The molecule has 0 spiro atoms. The zero-order valence-electron chi connectivity index (χ0n) is 9.88. The Morgan fingerprint density at radius 2 is 1.56 bits per heavy atom. The number of halogens is 1. The number of hydrogen-bond acceptors (Lipinski definition) is 2. The van der Waals surface area contributed by atoms with Gasteiger partial charge in [0, 0.05) is 6.26 Å². The van der Waals surface area contributed by atoms with Gasteiger partial charge in [-0.15, -0.1) is 11.6 Å². The van der Waals surface area contributed by atoms with Crippen molar-refractivity contribution in [2.45, 2.75) is 10.3 Å². The number of rotatable bonds is 3. The first kappa shape index (κ1) is 13.1. The molecule has 1 unspecified atom stereocenters.